The van der Waals surface area contributed by atoms with Crippen molar-refractivity contribution in [1.82, 2.24) is 5.32 Å². The average molecular weight is 277 g/mol. The van der Waals surface area contributed by atoms with E-state index in [9.17, 15) is 0 Å². The van der Waals surface area contributed by atoms with Crippen LogP contribution in [0.2, 0.25) is 0 Å². The number of benzene rings is 1. The minimum Gasteiger partial charge on any atom is -1.00 e. The van der Waals surface area contributed by atoms with E-state index < -0.39 is 0 Å². The van der Waals surface area contributed by atoms with Crippen molar-refractivity contribution in [3.8, 4) is 17.2 Å². The molecule has 0 saturated heterocycles. The third-order valence-electron chi connectivity index (χ3n) is 2.39. The highest BCUT2D eigenvalue weighted by molar-refractivity contribution is 5.50. The van der Waals surface area contributed by atoms with Crippen molar-refractivity contribution in [2.75, 3.05) is 34.5 Å². The minimum absolute atomic E-state index is 0. The van der Waals surface area contributed by atoms with Crippen molar-refractivity contribution in [2.24, 2.45) is 0 Å². The molecule has 0 radical (unpaired) electrons. The number of nitrogens with one attached hydrogen (secondary N) is 1. The second-order valence-electron chi connectivity index (χ2n) is 3.42. The van der Waals surface area contributed by atoms with Gasteiger partial charge in [-0.2, -0.15) is 0 Å². The normalized spacial score (nSPS) is 9.56. The zero-order valence-electron chi connectivity index (χ0n) is 10.8. The van der Waals surface area contributed by atoms with E-state index in [1.165, 1.54) is 0 Å². The van der Waals surface area contributed by atoms with E-state index in [0.29, 0.717) is 24.6 Å². The highest BCUT2D eigenvalue weighted by atomic mass is 35.5. The van der Waals surface area contributed by atoms with Gasteiger partial charge in [0.2, 0.25) is 0 Å². The molecule has 6 heteroatoms. The van der Waals surface area contributed by atoms with Crippen LogP contribution in [0, 0.1) is 0 Å². The first-order valence-electron chi connectivity index (χ1n) is 5.37. The maximum Gasteiger partial charge on any atom is 0.164 e. The lowest BCUT2D eigenvalue weighted by atomic mass is 10.1. The van der Waals surface area contributed by atoms with E-state index in [2.05, 4.69) is 5.32 Å². The van der Waals surface area contributed by atoms with Crippen LogP contribution >= 0.6 is 0 Å². The van der Waals surface area contributed by atoms with Gasteiger partial charge < -0.3 is 37.0 Å². The molecule has 0 bridgehead atoms. The Kier molecular flexibility index (Phi) is 8.28. The average Bonchev–Trinajstić information content (AvgIpc) is 2.38. The van der Waals surface area contributed by atoms with Gasteiger partial charge in [-0.1, -0.05) is 0 Å². The molecule has 1 aromatic carbocycles. The molecule has 0 amide bonds. The Bertz CT molecular complexity index is 360. The molecule has 0 aliphatic carbocycles. The Labute approximate surface area is 113 Å². The lowest BCUT2D eigenvalue weighted by Crippen LogP contribution is -3.00. The molecule has 0 heterocycles. The molecule has 18 heavy (non-hydrogen) atoms. The Morgan fingerprint density at radius 3 is 2.06 bits per heavy atom. The van der Waals surface area contributed by atoms with Gasteiger partial charge in [-0.3, -0.25) is 0 Å². The van der Waals surface area contributed by atoms with Gasteiger partial charge in [0.15, 0.2) is 11.5 Å². The summed E-state index contributed by atoms with van der Waals surface area (Å²) in [5, 5.41) is 11.8. The Balaban J connectivity index is 0.00000289. The van der Waals surface area contributed by atoms with Gasteiger partial charge in [-0.15, -0.1) is 0 Å². The topological polar surface area (TPSA) is 60.0 Å². The van der Waals surface area contributed by atoms with Crippen LogP contribution in [0.5, 0.6) is 17.2 Å². The van der Waals surface area contributed by atoms with Gasteiger partial charge in [0.1, 0.15) is 5.75 Å². The first-order chi connectivity index (χ1) is 8.26. The van der Waals surface area contributed by atoms with Crippen molar-refractivity contribution >= 4 is 0 Å². The number of methoxy groups -OCH3 is 3. The second kappa shape index (κ2) is 8.85. The monoisotopic (exact) mass is 276 g/mol. The number of rotatable bonds is 7. The number of hydrogen-bond donors (Lipinski definition) is 2. The number of ether oxygens (including phenoxy) is 3. The number of aliphatic hydroxyl groups excluding tert-OH is 1. The maximum absolute atomic E-state index is 8.72. The summed E-state index contributed by atoms with van der Waals surface area (Å²) in [5.41, 5.74) is 0.957. The van der Waals surface area contributed by atoms with Gasteiger partial charge in [0.25, 0.3) is 0 Å². The molecule has 0 atom stereocenters. The Morgan fingerprint density at radius 1 is 1.00 bits per heavy atom. The second-order valence-corrected chi connectivity index (χ2v) is 3.42. The molecule has 2 N–H and O–H groups in total. The van der Waals surface area contributed by atoms with Gasteiger partial charge in [0.05, 0.1) is 27.9 Å². The predicted molar refractivity (Wildman–Crippen MR) is 64.9 cm³/mol. The Hall–Kier alpha value is -1.17. The highest BCUT2D eigenvalue weighted by Crippen LogP contribution is 2.34. The molecule has 104 valence electrons. The summed E-state index contributed by atoms with van der Waals surface area (Å²) in [5.74, 6) is 2.03. The summed E-state index contributed by atoms with van der Waals surface area (Å²) < 4.78 is 15.7. The lowest BCUT2D eigenvalue weighted by Gasteiger charge is -2.14. The molecular formula is C12H19ClNO4-. The van der Waals surface area contributed by atoms with Crippen LogP contribution in [-0.4, -0.2) is 39.6 Å². The lowest BCUT2D eigenvalue weighted by molar-refractivity contribution is -0.00000547. The van der Waals surface area contributed by atoms with E-state index >= 15 is 0 Å². The maximum atomic E-state index is 8.72. The molecule has 5 nitrogen and oxygen atoms in total. The van der Waals surface area contributed by atoms with Gasteiger partial charge >= 0.3 is 0 Å². The molecule has 1 rings (SSSR count). The summed E-state index contributed by atoms with van der Waals surface area (Å²) in [6.45, 7) is 1.25. The molecular weight excluding hydrogens is 258 g/mol. The third kappa shape index (κ3) is 4.25. The van der Waals surface area contributed by atoms with Crippen LogP contribution in [0.15, 0.2) is 12.1 Å². The standard InChI is InChI=1S/C12H19NO4.ClH/c1-15-10-7-12(17-3)11(16-2)6-9(10)8-13-4-5-14;/h6-7,13-14H,4-5,8H2,1-3H3;1H/p-1. The van der Waals surface area contributed by atoms with Gasteiger partial charge in [0, 0.05) is 24.7 Å². The van der Waals surface area contributed by atoms with Crippen molar-refractivity contribution in [1.29, 1.82) is 0 Å². The van der Waals surface area contributed by atoms with Crippen molar-refractivity contribution < 1.29 is 31.7 Å². The van der Waals surface area contributed by atoms with Crippen LogP contribution in [-0.2, 0) is 6.54 Å². The largest absolute Gasteiger partial charge is 1.00 e. The molecule has 0 aromatic heterocycles. The fourth-order valence-corrected chi connectivity index (χ4v) is 1.53. The van der Waals surface area contributed by atoms with Crippen LogP contribution in [0.3, 0.4) is 0 Å². The third-order valence-corrected chi connectivity index (χ3v) is 2.39. The molecule has 1 aromatic rings. The van der Waals surface area contributed by atoms with E-state index in [1.54, 1.807) is 27.4 Å². The zero-order valence-corrected chi connectivity index (χ0v) is 11.6. The molecule has 0 fully saturated rings. The SMILES string of the molecule is COc1cc(OC)c(OC)cc1CNCCO.[Cl-]. The van der Waals surface area contributed by atoms with E-state index in [1.807, 2.05) is 6.07 Å². The quantitative estimate of drug-likeness (QED) is 0.554. The summed E-state index contributed by atoms with van der Waals surface area (Å²) in [7, 11) is 4.78. The number of halogens is 1. The Morgan fingerprint density at radius 2 is 1.56 bits per heavy atom. The minimum atomic E-state index is 0. The molecule has 0 saturated carbocycles. The fourth-order valence-electron chi connectivity index (χ4n) is 1.53. The first-order valence-corrected chi connectivity index (χ1v) is 5.37. The molecule has 0 spiro atoms. The summed E-state index contributed by atoms with van der Waals surface area (Å²) in [6.07, 6.45) is 0. The van der Waals surface area contributed by atoms with Gasteiger partial charge in [-0.05, 0) is 6.07 Å². The first kappa shape index (κ1) is 16.8. The van der Waals surface area contributed by atoms with Crippen molar-refractivity contribution in [2.45, 2.75) is 6.54 Å². The summed E-state index contributed by atoms with van der Waals surface area (Å²) >= 11 is 0. The van der Waals surface area contributed by atoms with Crippen LogP contribution in [0.4, 0.5) is 0 Å². The van der Waals surface area contributed by atoms with E-state index in [0.717, 1.165) is 11.3 Å². The van der Waals surface area contributed by atoms with Gasteiger partial charge in [-0.25, -0.2) is 0 Å². The summed E-state index contributed by atoms with van der Waals surface area (Å²) in [6, 6.07) is 3.65. The smallest absolute Gasteiger partial charge is 0.164 e. The van der Waals surface area contributed by atoms with Crippen LogP contribution in [0.25, 0.3) is 0 Å². The van der Waals surface area contributed by atoms with E-state index in [-0.39, 0.29) is 19.0 Å². The summed E-state index contributed by atoms with van der Waals surface area (Å²) in [4.78, 5) is 0. The molecule has 0 aliphatic heterocycles. The van der Waals surface area contributed by atoms with Crippen molar-refractivity contribution in [3.63, 3.8) is 0 Å². The molecule has 0 aliphatic rings. The highest BCUT2D eigenvalue weighted by Gasteiger charge is 2.11. The van der Waals surface area contributed by atoms with Crippen LogP contribution < -0.4 is 31.9 Å². The number of aliphatic hydroxyl groups is 1. The predicted octanol–water partition coefficient (Wildman–Crippen LogP) is -2.20. The van der Waals surface area contributed by atoms with Crippen molar-refractivity contribution in [3.05, 3.63) is 17.7 Å². The zero-order chi connectivity index (χ0) is 12.7. The number of hydrogen-bond acceptors (Lipinski definition) is 5. The molecule has 0 unspecified atom stereocenters. The van der Waals surface area contributed by atoms with E-state index in [4.69, 9.17) is 19.3 Å². The fraction of sp³-hybridized carbons (Fsp3) is 0.500. The van der Waals surface area contributed by atoms with Crippen LogP contribution in [0.1, 0.15) is 5.56 Å².